The summed E-state index contributed by atoms with van der Waals surface area (Å²) < 4.78 is 44.7. The van der Waals surface area contributed by atoms with Crippen molar-refractivity contribution in [1.82, 2.24) is 34.3 Å². The van der Waals surface area contributed by atoms with Crippen LogP contribution in [0.1, 0.15) is 52.6 Å². The van der Waals surface area contributed by atoms with Gasteiger partial charge < -0.3 is 0 Å². The van der Waals surface area contributed by atoms with Crippen LogP contribution in [0.4, 0.5) is 13.2 Å². The Bertz CT molecular complexity index is 1370. The van der Waals surface area contributed by atoms with Gasteiger partial charge in [0.2, 0.25) is 0 Å². The highest BCUT2D eigenvalue weighted by molar-refractivity contribution is 7.71. The molecule has 4 aromatic rings. The van der Waals surface area contributed by atoms with E-state index in [2.05, 4.69) is 39.6 Å². The predicted molar refractivity (Wildman–Crippen MR) is 125 cm³/mol. The molecule has 1 N–H and O–H groups in total. The molecule has 34 heavy (non-hydrogen) atoms. The maximum absolute atomic E-state index is 13.1. The third-order valence-corrected chi connectivity index (χ3v) is 6.15. The maximum atomic E-state index is 13.1. The number of H-pyrrole nitrogens is 1. The SMILES string of the molecule is Cc1ccc(Cn2nc(C)c(-n3c([C@H](C)Cn4nc(C(F)(F)F)cc4C)n[nH]c3=S)c2C)cc1. The van der Waals surface area contributed by atoms with E-state index in [1.54, 1.807) is 6.92 Å². The fourth-order valence-electron chi connectivity index (χ4n) is 4.06. The molecule has 0 bridgehead atoms. The summed E-state index contributed by atoms with van der Waals surface area (Å²) in [6.45, 7) is 10.2. The van der Waals surface area contributed by atoms with Crippen LogP contribution in [0.25, 0.3) is 5.69 Å². The number of aryl methyl sites for hydroxylation is 3. The number of rotatable bonds is 6. The van der Waals surface area contributed by atoms with Crippen molar-refractivity contribution in [2.45, 2.75) is 59.8 Å². The molecule has 0 aliphatic carbocycles. The second kappa shape index (κ2) is 8.86. The van der Waals surface area contributed by atoms with Crippen LogP contribution in [0.2, 0.25) is 0 Å². The van der Waals surface area contributed by atoms with E-state index in [1.165, 1.54) is 10.2 Å². The lowest BCUT2D eigenvalue weighted by atomic mass is 10.1. The van der Waals surface area contributed by atoms with Crippen LogP contribution < -0.4 is 0 Å². The second-order valence-corrected chi connectivity index (χ2v) is 9.02. The molecule has 0 amide bonds. The lowest BCUT2D eigenvalue weighted by Crippen LogP contribution is -2.15. The number of benzene rings is 1. The largest absolute Gasteiger partial charge is 0.435 e. The zero-order valence-electron chi connectivity index (χ0n) is 19.6. The van der Waals surface area contributed by atoms with Crippen molar-refractivity contribution in [1.29, 1.82) is 0 Å². The maximum Gasteiger partial charge on any atom is 0.435 e. The monoisotopic (exact) mass is 489 g/mol. The summed E-state index contributed by atoms with van der Waals surface area (Å²) in [6.07, 6.45) is -4.49. The standard InChI is InChI=1S/C23H26F3N7S/c1-13-6-8-18(9-7-13)12-32-17(5)20(16(4)29-32)33-21(27-28-22(33)34)14(2)11-31-15(3)10-19(30-31)23(24,25)26/h6-10,14H,11-12H2,1-5H3,(H,28,34)/t14-/m1/s1. The minimum atomic E-state index is -4.49. The van der Waals surface area contributed by atoms with Gasteiger partial charge >= 0.3 is 6.18 Å². The Labute approximate surface area is 200 Å². The minimum Gasteiger partial charge on any atom is -0.269 e. The normalized spacial score (nSPS) is 12.9. The van der Waals surface area contributed by atoms with Crippen LogP contribution in [0.3, 0.4) is 0 Å². The number of aromatic amines is 1. The Morgan fingerprint density at radius 2 is 1.71 bits per heavy atom. The lowest BCUT2D eigenvalue weighted by molar-refractivity contribution is -0.141. The molecule has 0 saturated heterocycles. The fourth-order valence-corrected chi connectivity index (χ4v) is 4.29. The van der Waals surface area contributed by atoms with Gasteiger partial charge in [-0.05, 0) is 51.5 Å². The Hall–Kier alpha value is -3.21. The number of alkyl halides is 3. The van der Waals surface area contributed by atoms with Crippen LogP contribution in [-0.2, 0) is 19.3 Å². The summed E-state index contributed by atoms with van der Waals surface area (Å²) in [4.78, 5) is 0. The molecule has 0 radical (unpaired) electrons. The fraction of sp³-hybridized carbons (Fsp3) is 0.391. The van der Waals surface area contributed by atoms with Crippen LogP contribution in [0.5, 0.6) is 0 Å². The molecule has 0 aliphatic heterocycles. The Kier molecular flexibility index (Phi) is 6.24. The van der Waals surface area contributed by atoms with Crippen molar-refractivity contribution in [2.24, 2.45) is 0 Å². The van der Waals surface area contributed by atoms with E-state index in [4.69, 9.17) is 17.3 Å². The topological polar surface area (TPSA) is 69.2 Å². The third kappa shape index (κ3) is 4.56. The summed E-state index contributed by atoms with van der Waals surface area (Å²) in [5.74, 6) is 0.335. The molecule has 0 aliphatic rings. The molecule has 3 heterocycles. The first kappa shape index (κ1) is 23.9. The molecule has 0 spiro atoms. The van der Waals surface area contributed by atoms with Crippen molar-refractivity contribution in [3.05, 3.63) is 74.8 Å². The van der Waals surface area contributed by atoms with Gasteiger partial charge in [0.05, 0.1) is 30.2 Å². The Balaban J connectivity index is 1.67. The van der Waals surface area contributed by atoms with Gasteiger partial charge in [-0.15, -0.1) is 0 Å². The molecule has 4 rings (SSSR count). The van der Waals surface area contributed by atoms with Crippen molar-refractivity contribution in [2.75, 3.05) is 0 Å². The lowest BCUT2D eigenvalue weighted by Gasteiger charge is -2.15. The number of nitrogens with one attached hydrogen (secondary N) is 1. The van der Waals surface area contributed by atoms with Gasteiger partial charge in [0.1, 0.15) is 5.82 Å². The molecule has 1 atom stereocenters. The van der Waals surface area contributed by atoms with Crippen molar-refractivity contribution in [3.63, 3.8) is 0 Å². The predicted octanol–water partition coefficient (Wildman–Crippen LogP) is 5.43. The van der Waals surface area contributed by atoms with Crippen molar-refractivity contribution in [3.8, 4) is 5.69 Å². The second-order valence-electron chi connectivity index (χ2n) is 8.64. The van der Waals surface area contributed by atoms with Crippen LogP contribution in [0, 0.1) is 32.5 Å². The first-order chi connectivity index (χ1) is 16.0. The van der Waals surface area contributed by atoms with E-state index in [0.717, 1.165) is 28.7 Å². The zero-order chi connectivity index (χ0) is 24.8. The van der Waals surface area contributed by atoms with E-state index in [-0.39, 0.29) is 12.5 Å². The van der Waals surface area contributed by atoms with Gasteiger partial charge in [-0.1, -0.05) is 36.8 Å². The zero-order valence-corrected chi connectivity index (χ0v) is 20.4. The number of hydrogen-bond acceptors (Lipinski definition) is 4. The summed E-state index contributed by atoms with van der Waals surface area (Å²) in [5, 5.41) is 15.7. The third-order valence-electron chi connectivity index (χ3n) is 5.88. The Morgan fingerprint density at radius 1 is 1.03 bits per heavy atom. The van der Waals surface area contributed by atoms with E-state index in [9.17, 15) is 13.2 Å². The highest BCUT2D eigenvalue weighted by atomic mass is 32.1. The molecular formula is C23H26F3N7S. The summed E-state index contributed by atoms with van der Waals surface area (Å²) in [7, 11) is 0. The average Bonchev–Trinajstić information content (AvgIpc) is 3.39. The Morgan fingerprint density at radius 3 is 2.32 bits per heavy atom. The quantitative estimate of drug-likeness (QED) is 0.367. The molecule has 11 heteroatoms. The van der Waals surface area contributed by atoms with E-state index >= 15 is 0 Å². The van der Waals surface area contributed by atoms with Crippen molar-refractivity contribution < 1.29 is 13.2 Å². The van der Waals surface area contributed by atoms with E-state index in [1.807, 2.05) is 36.9 Å². The molecule has 0 fully saturated rings. The number of nitrogens with zero attached hydrogens (tertiary/aromatic N) is 6. The highest BCUT2D eigenvalue weighted by Gasteiger charge is 2.34. The molecule has 7 nitrogen and oxygen atoms in total. The average molecular weight is 490 g/mol. The van der Waals surface area contributed by atoms with Crippen LogP contribution in [-0.4, -0.2) is 34.3 Å². The molecule has 0 unspecified atom stereocenters. The van der Waals surface area contributed by atoms with Gasteiger partial charge in [0.25, 0.3) is 0 Å². The first-order valence-corrected chi connectivity index (χ1v) is 11.3. The van der Waals surface area contributed by atoms with Gasteiger partial charge in [-0.3, -0.25) is 19.0 Å². The molecule has 0 saturated carbocycles. The minimum absolute atomic E-state index is 0.219. The van der Waals surface area contributed by atoms with Gasteiger partial charge in [-0.25, -0.2) is 0 Å². The first-order valence-electron chi connectivity index (χ1n) is 10.8. The van der Waals surface area contributed by atoms with Crippen molar-refractivity contribution >= 4 is 12.2 Å². The van der Waals surface area contributed by atoms with Gasteiger partial charge in [0, 0.05) is 11.6 Å². The number of hydrogen-bond donors (Lipinski definition) is 1. The van der Waals surface area contributed by atoms with Gasteiger partial charge in [-0.2, -0.15) is 28.5 Å². The van der Waals surface area contributed by atoms with Gasteiger partial charge in [0.15, 0.2) is 10.5 Å². The smallest absolute Gasteiger partial charge is 0.269 e. The molecule has 3 aromatic heterocycles. The number of halogens is 3. The van der Waals surface area contributed by atoms with E-state index < -0.39 is 11.9 Å². The molecule has 180 valence electrons. The summed E-state index contributed by atoms with van der Waals surface area (Å²) in [5.41, 5.74) is 4.36. The highest BCUT2D eigenvalue weighted by Crippen LogP contribution is 2.30. The molecule has 1 aromatic carbocycles. The summed E-state index contributed by atoms with van der Waals surface area (Å²) >= 11 is 5.53. The molecular weight excluding hydrogens is 463 g/mol. The van der Waals surface area contributed by atoms with Crippen LogP contribution >= 0.6 is 12.2 Å². The van der Waals surface area contributed by atoms with Crippen LogP contribution in [0.15, 0.2) is 30.3 Å². The number of aromatic nitrogens is 7. The van der Waals surface area contributed by atoms with E-state index in [0.29, 0.717) is 22.8 Å². The summed E-state index contributed by atoms with van der Waals surface area (Å²) in [6, 6.07) is 9.33.